The maximum Gasteiger partial charge on any atom is 0.410 e. The predicted molar refractivity (Wildman–Crippen MR) is 122 cm³/mol. The molecule has 1 amide bonds. The molecule has 2 N–H and O–H groups in total. The van der Waals surface area contributed by atoms with Crippen LogP contribution in [0.5, 0.6) is 5.75 Å². The fourth-order valence-electron chi connectivity index (χ4n) is 4.91. The molecule has 2 atom stereocenters. The largest absolute Gasteiger partial charge is 0.506 e. The minimum absolute atomic E-state index is 0.123. The SMILES string of the molecule is CC(C)(C)OC(=O)N1C2CC1CN(c1ccc(-c3cc(O)cn4nc5[nH]ncc5c34)cn1)C2. The molecule has 0 saturated carbocycles. The number of hydrogen-bond donors (Lipinski definition) is 2. The number of amides is 1. The van der Waals surface area contributed by atoms with E-state index in [0.29, 0.717) is 5.65 Å². The minimum Gasteiger partial charge on any atom is -0.506 e. The van der Waals surface area contributed by atoms with Gasteiger partial charge in [-0.25, -0.2) is 14.3 Å². The average molecular weight is 447 g/mol. The van der Waals surface area contributed by atoms with E-state index in [-0.39, 0.29) is 23.9 Å². The fraction of sp³-hybridized carbons (Fsp3) is 0.391. The smallest absolute Gasteiger partial charge is 0.410 e. The molecule has 0 aliphatic carbocycles. The number of piperazine rings is 1. The van der Waals surface area contributed by atoms with E-state index >= 15 is 0 Å². The van der Waals surface area contributed by atoms with Crippen LogP contribution in [0.1, 0.15) is 27.2 Å². The van der Waals surface area contributed by atoms with Crippen molar-refractivity contribution in [3.63, 3.8) is 0 Å². The van der Waals surface area contributed by atoms with Crippen molar-refractivity contribution in [1.82, 2.24) is 29.7 Å². The Kier molecular flexibility index (Phi) is 4.11. The Labute approximate surface area is 189 Å². The van der Waals surface area contributed by atoms with Gasteiger partial charge in [0.1, 0.15) is 17.2 Å². The topological polar surface area (TPSA) is 112 Å². The molecule has 3 fully saturated rings. The van der Waals surface area contributed by atoms with E-state index in [1.165, 1.54) is 0 Å². The van der Waals surface area contributed by atoms with Crippen LogP contribution in [0.15, 0.2) is 36.8 Å². The van der Waals surface area contributed by atoms with Gasteiger partial charge in [-0.15, -0.1) is 5.10 Å². The second-order valence-corrected chi connectivity index (χ2v) is 9.78. The first-order valence-corrected chi connectivity index (χ1v) is 11.0. The zero-order valence-electron chi connectivity index (χ0n) is 18.7. The first-order chi connectivity index (χ1) is 15.8. The van der Waals surface area contributed by atoms with E-state index in [9.17, 15) is 9.90 Å². The summed E-state index contributed by atoms with van der Waals surface area (Å²) < 4.78 is 7.22. The molecule has 0 aromatic carbocycles. The molecule has 2 bridgehead atoms. The number of anilines is 1. The maximum atomic E-state index is 12.5. The van der Waals surface area contributed by atoms with E-state index in [4.69, 9.17) is 9.72 Å². The number of H-pyrrole nitrogens is 1. The number of ether oxygens (including phenoxy) is 1. The summed E-state index contributed by atoms with van der Waals surface area (Å²) >= 11 is 0. The van der Waals surface area contributed by atoms with Crippen LogP contribution in [-0.2, 0) is 4.74 Å². The van der Waals surface area contributed by atoms with Crippen LogP contribution in [0, 0.1) is 0 Å². The Hall–Kier alpha value is -3.82. The number of pyridine rings is 2. The highest BCUT2D eigenvalue weighted by Crippen LogP contribution is 2.37. The van der Waals surface area contributed by atoms with Gasteiger partial charge in [0, 0.05) is 30.4 Å². The van der Waals surface area contributed by atoms with Crippen LogP contribution in [0.25, 0.3) is 27.7 Å². The lowest BCUT2D eigenvalue weighted by Crippen LogP contribution is -2.70. The van der Waals surface area contributed by atoms with Crippen LogP contribution < -0.4 is 4.90 Å². The lowest BCUT2D eigenvalue weighted by Gasteiger charge is -2.56. The Morgan fingerprint density at radius 1 is 1.21 bits per heavy atom. The van der Waals surface area contributed by atoms with Crippen molar-refractivity contribution in [3.05, 3.63) is 36.8 Å². The normalized spacial score (nSPS) is 20.3. The van der Waals surface area contributed by atoms with Crippen LogP contribution in [0.4, 0.5) is 10.6 Å². The van der Waals surface area contributed by atoms with Crippen molar-refractivity contribution in [1.29, 1.82) is 0 Å². The highest BCUT2D eigenvalue weighted by atomic mass is 16.6. The monoisotopic (exact) mass is 447 g/mol. The predicted octanol–water partition coefficient (Wildman–Crippen LogP) is 3.18. The van der Waals surface area contributed by atoms with Gasteiger partial charge in [-0.05, 0) is 45.4 Å². The number of fused-ring (bicyclic) bond motifs is 5. The summed E-state index contributed by atoms with van der Waals surface area (Å²) in [6, 6.07) is 6.00. The molecule has 10 nitrogen and oxygen atoms in total. The molecule has 10 heteroatoms. The highest BCUT2D eigenvalue weighted by molar-refractivity contribution is 6.00. The van der Waals surface area contributed by atoms with Crippen molar-refractivity contribution < 1.29 is 14.6 Å². The number of hydrogen-bond acceptors (Lipinski definition) is 7. The van der Waals surface area contributed by atoms with Gasteiger partial charge >= 0.3 is 6.09 Å². The molecule has 3 saturated heterocycles. The van der Waals surface area contributed by atoms with Gasteiger partial charge in [0.25, 0.3) is 0 Å². The molecular weight excluding hydrogens is 422 g/mol. The first kappa shape index (κ1) is 19.8. The third kappa shape index (κ3) is 3.24. The Morgan fingerprint density at radius 2 is 2.00 bits per heavy atom. The quantitative estimate of drug-likeness (QED) is 0.485. The van der Waals surface area contributed by atoms with E-state index in [1.807, 2.05) is 44.0 Å². The van der Waals surface area contributed by atoms with Crippen LogP contribution in [0.3, 0.4) is 0 Å². The fourth-order valence-corrected chi connectivity index (χ4v) is 4.91. The number of carbonyl (C=O) groups excluding carboxylic acids is 1. The summed E-state index contributed by atoms with van der Waals surface area (Å²) in [5.41, 5.74) is 2.73. The lowest BCUT2D eigenvalue weighted by molar-refractivity contribution is -0.0380. The third-order valence-electron chi connectivity index (χ3n) is 6.29. The van der Waals surface area contributed by atoms with Crippen LogP contribution in [0.2, 0.25) is 0 Å². The molecule has 33 heavy (non-hydrogen) atoms. The zero-order valence-corrected chi connectivity index (χ0v) is 18.7. The second kappa shape index (κ2) is 6.84. The van der Waals surface area contributed by atoms with E-state index < -0.39 is 5.60 Å². The minimum atomic E-state index is -0.493. The first-order valence-electron chi connectivity index (χ1n) is 11.0. The zero-order chi connectivity index (χ0) is 22.9. The van der Waals surface area contributed by atoms with E-state index in [0.717, 1.165) is 47.4 Å². The molecular formula is C23H25N7O3. The number of piperidine rings is 1. The summed E-state index contributed by atoms with van der Waals surface area (Å²) in [5.74, 6) is 0.994. The number of aromatic amines is 1. The molecule has 3 aliphatic heterocycles. The van der Waals surface area contributed by atoms with Crippen LogP contribution in [-0.4, -0.2) is 71.7 Å². The van der Waals surface area contributed by atoms with Crippen molar-refractivity contribution in [2.75, 3.05) is 18.0 Å². The molecule has 4 aromatic rings. The summed E-state index contributed by atoms with van der Waals surface area (Å²) in [5, 5.41) is 22.5. The number of rotatable bonds is 2. The number of nitrogens with one attached hydrogen (secondary N) is 1. The number of aromatic hydroxyl groups is 1. The Morgan fingerprint density at radius 3 is 2.70 bits per heavy atom. The van der Waals surface area contributed by atoms with Crippen molar-refractivity contribution in [3.8, 4) is 16.9 Å². The highest BCUT2D eigenvalue weighted by Gasteiger charge is 2.49. The summed E-state index contributed by atoms with van der Waals surface area (Å²) in [6.45, 7) is 7.13. The van der Waals surface area contributed by atoms with Crippen molar-refractivity contribution >= 4 is 28.5 Å². The van der Waals surface area contributed by atoms with Crippen LogP contribution >= 0.6 is 0 Å². The van der Waals surface area contributed by atoms with E-state index in [2.05, 4.69) is 20.2 Å². The Balaban J connectivity index is 1.24. The van der Waals surface area contributed by atoms with Gasteiger partial charge in [0.2, 0.25) is 0 Å². The molecule has 7 rings (SSSR count). The molecule has 3 aliphatic rings. The average Bonchev–Trinajstić information content (AvgIpc) is 3.33. The van der Waals surface area contributed by atoms with Gasteiger partial charge in [0.05, 0.1) is 35.4 Å². The summed E-state index contributed by atoms with van der Waals surface area (Å²) in [6.07, 6.45) is 5.89. The Bertz CT molecular complexity index is 1360. The van der Waals surface area contributed by atoms with Crippen molar-refractivity contribution in [2.24, 2.45) is 0 Å². The maximum absolute atomic E-state index is 12.5. The van der Waals surface area contributed by atoms with Gasteiger partial charge in [-0.3, -0.25) is 10.00 Å². The second-order valence-electron chi connectivity index (χ2n) is 9.78. The summed E-state index contributed by atoms with van der Waals surface area (Å²) in [4.78, 5) is 21.3. The molecule has 7 heterocycles. The van der Waals surface area contributed by atoms with Gasteiger partial charge in [-0.2, -0.15) is 5.10 Å². The number of aromatic nitrogens is 5. The molecule has 170 valence electrons. The summed E-state index contributed by atoms with van der Waals surface area (Å²) in [7, 11) is 0. The molecule has 4 aromatic heterocycles. The molecule has 0 spiro atoms. The molecule has 0 radical (unpaired) electrons. The van der Waals surface area contributed by atoms with Gasteiger partial charge < -0.3 is 14.7 Å². The number of nitrogens with zero attached hydrogens (tertiary/aromatic N) is 6. The van der Waals surface area contributed by atoms with E-state index in [1.54, 1.807) is 23.0 Å². The standard InChI is InChI=1S/C23H25N7O3/c1-23(2,3)33-22(32)30-14-6-15(30)11-28(10-14)19-5-4-13(8-24-19)17-7-16(31)12-29-20(17)18-9-25-26-21(18)27-29/h4-5,7-9,12,14-15,31H,6,10-11H2,1-3H3,(H,26,27). The van der Waals surface area contributed by atoms with Gasteiger partial charge in [-0.1, -0.05) is 0 Å². The lowest BCUT2D eigenvalue weighted by atomic mass is 9.88. The number of carbonyl (C=O) groups is 1. The third-order valence-corrected chi connectivity index (χ3v) is 6.29. The molecule has 2 unspecified atom stereocenters. The van der Waals surface area contributed by atoms with Gasteiger partial charge in [0.15, 0.2) is 5.65 Å². The van der Waals surface area contributed by atoms with Crippen molar-refractivity contribution in [2.45, 2.75) is 44.9 Å².